The average molecular weight is 720 g/mol. The van der Waals surface area contributed by atoms with E-state index in [2.05, 4.69) is 0 Å². The maximum Gasteiger partial charge on any atom is 0.311 e. The molecule has 14 nitrogen and oxygen atoms in total. The molecule has 5 N–H and O–H groups in total. The van der Waals surface area contributed by atoms with E-state index in [0.717, 1.165) is 0 Å². The van der Waals surface area contributed by atoms with Gasteiger partial charge >= 0.3 is 5.97 Å². The zero-order valence-electron chi connectivity index (χ0n) is 32.0. The number of aliphatic hydroxyl groups is 5. The van der Waals surface area contributed by atoms with Gasteiger partial charge in [-0.15, -0.1) is 0 Å². The Balaban J connectivity index is 2.17. The molecular formula is C36H65NO13. The molecule has 3 aliphatic heterocycles. The van der Waals surface area contributed by atoms with E-state index in [1.54, 1.807) is 34.6 Å². The van der Waals surface area contributed by atoms with Crippen LogP contribution in [-0.4, -0.2) is 148 Å². The number of aliphatic hydroxyl groups excluding tert-OH is 3. The lowest BCUT2D eigenvalue weighted by atomic mass is 9.73. The van der Waals surface area contributed by atoms with E-state index >= 15 is 0 Å². The summed E-state index contributed by atoms with van der Waals surface area (Å²) in [5.74, 6) is -4.98. The van der Waals surface area contributed by atoms with Crippen LogP contribution < -0.4 is 0 Å². The van der Waals surface area contributed by atoms with E-state index in [4.69, 9.17) is 28.4 Å². The molecule has 3 rings (SSSR count). The van der Waals surface area contributed by atoms with Crippen molar-refractivity contribution in [3.63, 3.8) is 0 Å². The van der Waals surface area contributed by atoms with Crippen molar-refractivity contribution in [1.29, 1.82) is 0 Å². The van der Waals surface area contributed by atoms with Crippen LogP contribution in [-0.2, 0) is 38.0 Å². The fourth-order valence-electron chi connectivity index (χ4n) is 8.17. The molecule has 3 heterocycles. The number of hydrogen-bond donors (Lipinski definition) is 5. The van der Waals surface area contributed by atoms with E-state index in [1.807, 2.05) is 25.9 Å². The molecule has 3 saturated heterocycles. The van der Waals surface area contributed by atoms with Gasteiger partial charge in [0.2, 0.25) is 0 Å². The van der Waals surface area contributed by atoms with Gasteiger partial charge in [-0.05, 0) is 61.6 Å². The number of ketones is 1. The fourth-order valence-corrected chi connectivity index (χ4v) is 8.17. The lowest BCUT2D eigenvalue weighted by Crippen LogP contribution is -2.61. The molecule has 50 heavy (non-hydrogen) atoms. The van der Waals surface area contributed by atoms with E-state index < -0.39 is 114 Å². The van der Waals surface area contributed by atoms with Gasteiger partial charge in [0.1, 0.15) is 23.9 Å². The molecule has 14 heteroatoms. The van der Waals surface area contributed by atoms with E-state index in [-0.39, 0.29) is 18.6 Å². The molecule has 0 aromatic rings. The Bertz CT molecular complexity index is 1120. The van der Waals surface area contributed by atoms with Gasteiger partial charge in [0.25, 0.3) is 0 Å². The third kappa shape index (κ3) is 9.62. The topological polar surface area (TPSA) is 194 Å². The van der Waals surface area contributed by atoms with Gasteiger partial charge in [-0.2, -0.15) is 0 Å². The summed E-state index contributed by atoms with van der Waals surface area (Å²) in [5.41, 5.74) is -4.13. The van der Waals surface area contributed by atoms with Crippen molar-refractivity contribution in [2.75, 3.05) is 21.2 Å². The molecule has 18 atom stereocenters. The number of rotatable bonds is 7. The lowest BCUT2D eigenvalue weighted by molar-refractivity contribution is -0.312. The smallest absolute Gasteiger partial charge is 0.311 e. The molecule has 0 aromatic carbocycles. The first-order valence-electron chi connectivity index (χ1n) is 18.1. The fraction of sp³-hybridized carbons (Fsp3) is 0.944. The number of likely N-dealkylation sites (N-methyl/N-ethyl adjacent to an activating group) is 1. The minimum absolute atomic E-state index is 0.128. The summed E-state index contributed by atoms with van der Waals surface area (Å²) in [6, 6.07) is -0.349. The Morgan fingerprint density at radius 2 is 1.48 bits per heavy atom. The van der Waals surface area contributed by atoms with Crippen molar-refractivity contribution in [1.82, 2.24) is 4.90 Å². The SMILES string of the molecule is CCC1OC(=O)[C@H](C)C(O[C@H]2C[C@H](OC)[C@@H](O)[C@H](C)O2)[C@H](C)[C@@H](O[C@@H]2O[C@H](C)C[C@H](N(C)C)[C@H]2O)[C@](C)(O)C[C@](C)(O)C(=O)[C@H](C)[C@@H](O)[C@H]1C. The molecule has 0 amide bonds. The van der Waals surface area contributed by atoms with Crippen molar-refractivity contribution in [2.45, 2.75) is 173 Å². The number of nitrogens with zero attached hydrogens (tertiary/aromatic N) is 1. The van der Waals surface area contributed by atoms with Crippen LogP contribution in [0, 0.1) is 23.7 Å². The summed E-state index contributed by atoms with van der Waals surface area (Å²) in [4.78, 5) is 29.7. The summed E-state index contributed by atoms with van der Waals surface area (Å²) in [6.07, 6.45) is -9.86. The Morgan fingerprint density at radius 1 is 0.860 bits per heavy atom. The molecule has 3 fully saturated rings. The molecule has 292 valence electrons. The van der Waals surface area contributed by atoms with Gasteiger partial charge in [0.05, 0.1) is 48.1 Å². The van der Waals surface area contributed by atoms with E-state index in [0.29, 0.717) is 12.8 Å². The summed E-state index contributed by atoms with van der Waals surface area (Å²) < 4.78 is 36.7. The van der Waals surface area contributed by atoms with Crippen LogP contribution in [0.15, 0.2) is 0 Å². The second-order valence-electron chi connectivity index (χ2n) is 15.8. The summed E-state index contributed by atoms with van der Waals surface area (Å²) in [5, 5.41) is 57.4. The predicted octanol–water partition coefficient (Wildman–Crippen LogP) is 1.40. The number of esters is 1. The molecule has 3 aliphatic rings. The lowest BCUT2D eigenvalue weighted by Gasteiger charge is -2.48. The van der Waals surface area contributed by atoms with Gasteiger partial charge in [0, 0.05) is 43.7 Å². The minimum atomic E-state index is -2.13. The molecule has 0 aliphatic carbocycles. The van der Waals surface area contributed by atoms with Crippen molar-refractivity contribution in [3.05, 3.63) is 0 Å². The normalized spacial score (nSPS) is 49.0. The first-order valence-corrected chi connectivity index (χ1v) is 18.1. The highest BCUT2D eigenvalue weighted by Crippen LogP contribution is 2.40. The number of carbonyl (C=O) groups excluding carboxylic acids is 2. The highest BCUT2D eigenvalue weighted by molar-refractivity contribution is 5.89. The van der Waals surface area contributed by atoms with E-state index in [1.165, 1.54) is 27.9 Å². The molecule has 0 bridgehead atoms. The Kier molecular flexibility index (Phi) is 14.9. The third-order valence-corrected chi connectivity index (χ3v) is 11.2. The van der Waals surface area contributed by atoms with Gasteiger partial charge < -0.3 is 58.9 Å². The molecular weight excluding hydrogens is 654 g/mol. The number of cyclic esters (lactones) is 1. The van der Waals surface area contributed by atoms with Gasteiger partial charge in [-0.1, -0.05) is 27.7 Å². The van der Waals surface area contributed by atoms with Crippen molar-refractivity contribution in [2.24, 2.45) is 23.7 Å². The monoisotopic (exact) mass is 719 g/mol. The third-order valence-electron chi connectivity index (χ3n) is 11.2. The highest BCUT2D eigenvalue weighted by Gasteiger charge is 2.53. The molecule has 0 saturated carbocycles. The van der Waals surface area contributed by atoms with Crippen molar-refractivity contribution < 1.29 is 63.5 Å². The summed E-state index contributed by atoms with van der Waals surface area (Å²) >= 11 is 0. The van der Waals surface area contributed by atoms with Crippen LogP contribution in [0.4, 0.5) is 0 Å². The quantitative estimate of drug-likeness (QED) is 0.237. The number of Topliss-reactive ketones (excluding diaryl/α,β-unsaturated/α-hetero) is 1. The molecule has 2 unspecified atom stereocenters. The molecule has 0 radical (unpaired) electrons. The van der Waals surface area contributed by atoms with Crippen LogP contribution in [0.2, 0.25) is 0 Å². The first kappa shape index (κ1) is 43.1. The van der Waals surface area contributed by atoms with E-state index in [9.17, 15) is 35.1 Å². The van der Waals surface area contributed by atoms with Crippen LogP contribution in [0.25, 0.3) is 0 Å². The summed E-state index contributed by atoms with van der Waals surface area (Å²) in [6.45, 7) is 14.6. The largest absolute Gasteiger partial charge is 0.462 e. The highest BCUT2D eigenvalue weighted by atomic mass is 16.7. The Morgan fingerprint density at radius 3 is 2.04 bits per heavy atom. The summed E-state index contributed by atoms with van der Waals surface area (Å²) in [7, 11) is 5.14. The molecule has 0 spiro atoms. The predicted molar refractivity (Wildman–Crippen MR) is 182 cm³/mol. The van der Waals surface area contributed by atoms with Gasteiger partial charge in [-0.25, -0.2) is 0 Å². The number of carbonyl (C=O) groups is 2. The number of hydrogen-bond acceptors (Lipinski definition) is 14. The van der Waals surface area contributed by atoms with Gasteiger partial charge in [0.15, 0.2) is 18.4 Å². The Hall–Kier alpha value is -1.30. The van der Waals surface area contributed by atoms with Crippen LogP contribution in [0.5, 0.6) is 0 Å². The maximum atomic E-state index is 14.0. The second-order valence-corrected chi connectivity index (χ2v) is 15.8. The van der Waals surface area contributed by atoms with Crippen LogP contribution in [0.1, 0.15) is 88.0 Å². The van der Waals surface area contributed by atoms with Crippen LogP contribution >= 0.6 is 0 Å². The maximum absolute atomic E-state index is 14.0. The van der Waals surface area contributed by atoms with Crippen molar-refractivity contribution >= 4 is 11.8 Å². The average Bonchev–Trinajstić information content (AvgIpc) is 3.04. The zero-order chi connectivity index (χ0) is 38.0. The van der Waals surface area contributed by atoms with Crippen LogP contribution in [0.3, 0.4) is 0 Å². The van der Waals surface area contributed by atoms with Crippen molar-refractivity contribution in [3.8, 4) is 0 Å². The zero-order valence-corrected chi connectivity index (χ0v) is 32.0. The Labute approximate surface area is 297 Å². The number of ether oxygens (including phenoxy) is 6. The standard InChI is InChI=1S/C36H65NO13/c1-13-24-18(3)27(38)19(4)31(41)35(8,43)16-36(9,44)32(50-34-29(40)23(37(10)11)14-17(2)46-34)20(5)30(21(6)33(42)48-24)49-26-15-25(45-12)28(39)22(7)47-26/h17-30,32,34,38-40,43-44H,13-16H2,1-12H3/t17-,18+,19-,20+,21-,22+,23+,24?,25+,26+,27+,28+,29-,30?,32-,34+,35+,36-/m1/s1. The molecule has 0 aromatic heterocycles. The van der Waals surface area contributed by atoms with Gasteiger partial charge in [-0.3, -0.25) is 9.59 Å². The minimum Gasteiger partial charge on any atom is -0.462 e. The first-order chi connectivity index (χ1) is 23.1. The number of methoxy groups -OCH3 is 1. The second kappa shape index (κ2) is 17.2.